The Labute approximate surface area is 130 Å². The zero-order valence-electron chi connectivity index (χ0n) is 12.6. The maximum absolute atomic E-state index is 12.3. The average molecular weight is 303 g/mol. The average Bonchev–Trinajstić information content (AvgIpc) is 2.52. The van der Waals surface area contributed by atoms with Gasteiger partial charge in [-0.3, -0.25) is 9.59 Å². The molecule has 1 aromatic carbocycles. The fraction of sp³-hybridized carbons (Fsp3) is 0.438. The van der Waals surface area contributed by atoms with Gasteiger partial charge in [-0.25, -0.2) is 0 Å². The lowest BCUT2D eigenvalue weighted by Crippen LogP contribution is -2.46. The number of unbranched alkanes of at least 4 members (excludes halogenated alkanes) is 2. The number of amides is 2. The minimum absolute atomic E-state index is 0.405. The summed E-state index contributed by atoms with van der Waals surface area (Å²) in [4.78, 5) is 23.7. The first-order chi connectivity index (χ1) is 10.6. The van der Waals surface area contributed by atoms with E-state index < -0.39 is 24.0 Å². The SMILES string of the molecule is CO[C@H](C(=O)N[C@@H](CCCCC#N)C(N)=O)c1ccccc1. The fourth-order valence-corrected chi connectivity index (χ4v) is 2.11. The molecule has 0 radical (unpaired) electrons. The van der Waals surface area contributed by atoms with Gasteiger partial charge in [-0.1, -0.05) is 30.3 Å². The number of nitrogens with two attached hydrogens (primary N) is 1. The van der Waals surface area contributed by atoms with E-state index in [9.17, 15) is 9.59 Å². The minimum Gasteiger partial charge on any atom is -0.368 e. The number of hydrogen-bond acceptors (Lipinski definition) is 4. The summed E-state index contributed by atoms with van der Waals surface area (Å²) < 4.78 is 5.21. The van der Waals surface area contributed by atoms with Crippen LogP contribution in [0.15, 0.2) is 30.3 Å². The molecule has 2 atom stereocenters. The van der Waals surface area contributed by atoms with Gasteiger partial charge >= 0.3 is 0 Å². The van der Waals surface area contributed by atoms with Gasteiger partial charge in [0.05, 0.1) is 6.07 Å². The van der Waals surface area contributed by atoms with E-state index in [2.05, 4.69) is 5.32 Å². The number of primary amides is 1. The molecule has 0 fully saturated rings. The number of nitriles is 1. The Kier molecular flexibility index (Phi) is 7.65. The van der Waals surface area contributed by atoms with Crippen molar-refractivity contribution < 1.29 is 14.3 Å². The predicted octanol–water partition coefficient (Wildman–Crippen LogP) is 1.43. The van der Waals surface area contributed by atoms with E-state index in [1.54, 1.807) is 12.1 Å². The monoisotopic (exact) mass is 303 g/mol. The number of nitrogens with zero attached hydrogens (tertiary/aromatic N) is 1. The Morgan fingerprint density at radius 1 is 1.32 bits per heavy atom. The summed E-state index contributed by atoms with van der Waals surface area (Å²) >= 11 is 0. The van der Waals surface area contributed by atoms with Gasteiger partial charge in [-0.15, -0.1) is 0 Å². The second-order valence-corrected chi connectivity index (χ2v) is 4.89. The van der Waals surface area contributed by atoms with Gasteiger partial charge in [-0.2, -0.15) is 5.26 Å². The zero-order valence-corrected chi connectivity index (χ0v) is 12.6. The first kappa shape index (κ1) is 17.7. The van der Waals surface area contributed by atoms with Crippen LogP contribution in [0, 0.1) is 11.3 Å². The molecule has 6 nitrogen and oxygen atoms in total. The van der Waals surface area contributed by atoms with Crippen LogP contribution in [0.4, 0.5) is 0 Å². The van der Waals surface area contributed by atoms with Crippen LogP contribution in [-0.4, -0.2) is 25.0 Å². The summed E-state index contributed by atoms with van der Waals surface area (Å²) in [6, 6.07) is 10.3. The molecule has 0 aliphatic rings. The summed E-state index contributed by atoms with van der Waals surface area (Å²) in [6.07, 6.45) is 1.35. The van der Waals surface area contributed by atoms with Crippen molar-refractivity contribution in [3.8, 4) is 6.07 Å². The molecular weight excluding hydrogens is 282 g/mol. The number of hydrogen-bond donors (Lipinski definition) is 2. The van der Waals surface area contributed by atoms with Crippen LogP contribution in [0.25, 0.3) is 0 Å². The molecule has 0 unspecified atom stereocenters. The number of carbonyl (C=O) groups excluding carboxylic acids is 2. The fourth-order valence-electron chi connectivity index (χ4n) is 2.11. The number of benzene rings is 1. The Morgan fingerprint density at radius 2 is 2.00 bits per heavy atom. The molecule has 1 rings (SSSR count). The molecule has 0 bridgehead atoms. The van der Waals surface area contributed by atoms with Crippen molar-refractivity contribution in [3.05, 3.63) is 35.9 Å². The Bertz CT molecular complexity index is 525. The van der Waals surface area contributed by atoms with Gasteiger partial charge in [0.2, 0.25) is 5.91 Å². The minimum atomic E-state index is -0.790. The Balaban J connectivity index is 2.65. The molecule has 0 heterocycles. The Morgan fingerprint density at radius 3 is 2.55 bits per heavy atom. The maximum Gasteiger partial charge on any atom is 0.254 e. The highest BCUT2D eigenvalue weighted by Crippen LogP contribution is 2.17. The molecule has 0 aromatic heterocycles. The van der Waals surface area contributed by atoms with E-state index in [1.807, 2.05) is 24.3 Å². The number of carbonyl (C=O) groups is 2. The predicted molar refractivity (Wildman–Crippen MR) is 81.4 cm³/mol. The van der Waals surface area contributed by atoms with Crippen LogP contribution in [0.3, 0.4) is 0 Å². The summed E-state index contributed by atoms with van der Waals surface area (Å²) in [6.45, 7) is 0. The first-order valence-electron chi connectivity index (χ1n) is 7.14. The van der Waals surface area contributed by atoms with Crippen molar-refractivity contribution in [2.24, 2.45) is 5.73 Å². The van der Waals surface area contributed by atoms with Crippen LogP contribution in [0.1, 0.15) is 37.4 Å². The summed E-state index contributed by atoms with van der Waals surface area (Å²) in [7, 11) is 1.43. The van der Waals surface area contributed by atoms with Crippen molar-refractivity contribution in [2.45, 2.75) is 37.8 Å². The van der Waals surface area contributed by atoms with E-state index in [-0.39, 0.29) is 0 Å². The van der Waals surface area contributed by atoms with Crippen molar-refractivity contribution >= 4 is 11.8 Å². The summed E-state index contributed by atoms with van der Waals surface area (Å²) in [5, 5.41) is 11.1. The molecule has 0 saturated heterocycles. The third-order valence-electron chi connectivity index (χ3n) is 3.27. The van der Waals surface area contributed by atoms with E-state index in [0.29, 0.717) is 31.2 Å². The molecule has 3 N–H and O–H groups in total. The second-order valence-electron chi connectivity index (χ2n) is 4.89. The lowest BCUT2D eigenvalue weighted by molar-refractivity contribution is -0.135. The number of rotatable bonds is 9. The van der Waals surface area contributed by atoms with E-state index in [0.717, 1.165) is 0 Å². The maximum atomic E-state index is 12.3. The first-order valence-corrected chi connectivity index (χ1v) is 7.14. The van der Waals surface area contributed by atoms with E-state index in [1.165, 1.54) is 7.11 Å². The Hall–Kier alpha value is -2.39. The van der Waals surface area contributed by atoms with Gasteiger partial charge in [0, 0.05) is 13.5 Å². The zero-order chi connectivity index (χ0) is 16.4. The van der Waals surface area contributed by atoms with Crippen molar-refractivity contribution in [1.29, 1.82) is 5.26 Å². The van der Waals surface area contributed by atoms with E-state index in [4.69, 9.17) is 15.7 Å². The van der Waals surface area contributed by atoms with Crippen LogP contribution in [0.2, 0.25) is 0 Å². The topological polar surface area (TPSA) is 105 Å². The molecule has 0 saturated carbocycles. The van der Waals surface area contributed by atoms with Gasteiger partial charge in [0.25, 0.3) is 5.91 Å². The van der Waals surface area contributed by atoms with Gasteiger partial charge in [-0.05, 0) is 24.8 Å². The van der Waals surface area contributed by atoms with Gasteiger partial charge in [0.15, 0.2) is 6.10 Å². The second kappa shape index (κ2) is 9.53. The molecule has 1 aromatic rings. The van der Waals surface area contributed by atoms with Crippen LogP contribution in [0.5, 0.6) is 0 Å². The number of nitrogens with one attached hydrogen (secondary N) is 1. The van der Waals surface area contributed by atoms with Crippen molar-refractivity contribution in [1.82, 2.24) is 5.32 Å². The summed E-state index contributed by atoms with van der Waals surface area (Å²) in [5.41, 5.74) is 6.02. The van der Waals surface area contributed by atoms with Crippen molar-refractivity contribution in [3.63, 3.8) is 0 Å². The van der Waals surface area contributed by atoms with E-state index >= 15 is 0 Å². The molecule has 0 spiro atoms. The van der Waals surface area contributed by atoms with Crippen molar-refractivity contribution in [2.75, 3.05) is 7.11 Å². The third kappa shape index (κ3) is 5.54. The number of ether oxygens (including phenoxy) is 1. The highest BCUT2D eigenvalue weighted by molar-refractivity contribution is 5.89. The highest BCUT2D eigenvalue weighted by atomic mass is 16.5. The van der Waals surface area contributed by atoms with Crippen LogP contribution < -0.4 is 11.1 Å². The van der Waals surface area contributed by atoms with Gasteiger partial charge < -0.3 is 15.8 Å². The molecular formula is C16H21N3O3. The largest absolute Gasteiger partial charge is 0.368 e. The highest BCUT2D eigenvalue weighted by Gasteiger charge is 2.24. The van der Waals surface area contributed by atoms with Crippen LogP contribution in [-0.2, 0) is 14.3 Å². The quantitative estimate of drug-likeness (QED) is 0.673. The molecule has 2 amide bonds. The van der Waals surface area contributed by atoms with Gasteiger partial charge in [0.1, 0.15) is 6.04 Å². The molecule has 0 aliphatic carbocycles. The molecule has 0 aliphatic heterocycles. The lowest BCUT2D eigenvalue weighted by Gasteiger charge is -2.20. The molecule has 118 valence electrons. The normalized spacial score (nSPS) is 12.9. The number of methoxy groups -OCH3 is 1. The summed E-state index contributed by atoms with van der Waals surface area (Å²) in [5.74, 6) is -0.994. The lowest BCUT2D eigenvalue weighted by atomic mass is 10.1. The molecule has 6 heteroatoms. The third-order valence-corrected chi connectivity index (χ3v) is 3.27. The standard InChI is InChI=1S/C16H21N3O3/c1-22-14(12-8-4-2-5-9-12)16(21)19-13(15(18)20)10-6-3-7-11-17/h2,4-5,8-9,13-14H,3,6-7,10H2,1H3,(H2,18,20)(H,19,21)/t13-,14-/m0/s1. The molecule has 22 heavy (non-hydrogen) atoms. The smallest absolute Gasteiger partial charge is 0.254 e. The van der Waals surface area contributed by atoms with Crippen LogP contribution >= 0.6 is 0 Å².